The smallest absolute Gasteiger partial charge is 0.275 e. The minimum atomic E-state index is -0.471. The Morgan fingerprint density at radius 1 is 0.939 bits per heavy atom. The van der Waals surface area contributed by atoms with Crippen molar-refractivity contribution in [3.63, 3.8) is 0 Å². The maximum Gasteiger partial charge on any atom is 0.275 e. The number of aromatic nitrogens is 2. The highest BCUT2D eigenvalue weighted by Gasteiger charge is 2.28. The van der Waals surface area contributed by atoms with Gasteiger partial charge in [-0.25, -0.2) is 9.97 Å². The minimum absolute atomic E-state index is 0. The maximum absolute atomic E-state index is 12.3. The van der Waals surface area contributed by atoms with Gasteiger partial charge in [0.2, 0.25) is 0 Å². The Balaban J connectivity index is 0.00000259. The lowest BCUT2D eigenvalue weighted by atomic mass is 10.1. The average Bonchev–Trinajstić information content (AvgIpc) is 3.36. The van der Waals surface area contributed by atoms with Gasteiger partial charge < -0.3 is 10.1 Å². The van der Waals surface area contributed by atoms with Crippen LogP contribution in [0, 0.1) is 0 Å². The number of amides is 2. The van der Waals surface area contributed by atoms with E-state index in [1.807, 2.05) is 60.0 Å². The molecule has 33 heavy (non-hydrogen) atoms. The third-order valence-electron chi connectivity index (χ3n) is 5.28. The number of nitrogens with one attached hydrogen (secondary N) is 2. The van der Waals surface area contributed by atoms with Gasteiger partial charge in [0.05, 0.1) is 12.5 Å². The molecule has 2 aromatic heterocycles. The summed E-state index contributed by atoms with van der Waals surface area (Å²) in [5, 5.41) is 8.26. The first-order chi connectivity index (χ1) is 15.5. The van der Waals surface area contributed by atoms with Crippen LogP contribution < -0.4 is 15.4 Å². The largest absolute Gasteiger partial charge is 0.497 e. The molecule has 0 saturated carbocycles. The summed E-state index contributed by atoms with van der Waals surface area (Å²) in [7, 11) is 1.61. The summed E-state index contributed by atoms with van der Waals surface area (Å²) in [6.45, 7) is 1.61. The fourth-order valence-corrected chi connectivity index (χ4v) is 4.49. The van der Waals surface area contributed by atoms with Gasteiger partial charge in [0.25, 0.3) is 11.8 Å². The zero-order valence-electron chi connectivity index (χ0n) is 17.7. The lowest BCUT2D eigenvalue weighted by Gasteiger charge is -2.11. The third-order valence-corrected chi connectivity index (χ3v) is 6.15. The lowest BCUT2D eigenvalue weighted by molar-refractivity contribution is -0.124. The summed E-state index contributed by atoms with van der Waals surface area (Å²) in [6.07, 6.45) is 0. The number of carbonyl (C=O) groups is 2. The van der Waals surface area contributed by atoms with Gasteiger partial charge in [0.1, 0.15) is 22.1 Å². The van der Waals surface area contributed by atoms with Crippen molar-refractivity contribution >= 4 is 51.6 Å². The van der Waals surface area contributed by atoms with Gasteiger partial charge in [-0.1, -0.05) is 30.3 Å². The topological polar surface area (TPSA) is 93.2 Å². The van der Waals surface area contributed by atoms with Crippen molar-refractivity contribution in [3.05, 3.63) is 71.2 Å². The summed E-state index contributed by atoms with van der Waals surface area (Å²) in [4.78, 5) is 34.6. The second kappa shape index (κ2) is 9.01. The minimum Gasteiger partial charge on any atom is -0.497 e. The molecule has 1 aliphatic rings. The van der Waals surface area contributed by atoms with E-state index in [0.717, 1.165) is 32.7 Å². The zero-order valence-corrected chi connectivity index (χ0v) is 19.3. The van der Waals surface area contributed by atoms with Crippen LogP contribution in [-0.2, 0) is 9.59 Å². The summed E-state index contributed by atoms with van der Waals surface area (Å²) in [6, 6.07) is 17.4. The summed E-state index contributed by atoms with van der Waals surface area (Å²) < 4.78 is 5.24. The predicted octanol–water partition coefficient (Wildman–Crippen LogP) is 4.80. The molecule has 0 spiro atoms. The second-order valence-corrected chi connectivity index (χ2v) is 8.09. The Morgan fingerprint density at radius 2 is 1.67 bits per heavy atom. The molecular weight excluding hydrogens is 460 g/mol. The molecule has 7 nitrogen and oxygen atoms in total. The standard InChI is InChI=1S/C24H18N4O3S.ClH/c1-13-19(23(30)28-22(13)29)25-21-18-17(14-6-4-3-5-7-14)12-32-24(18)27-20(26-21)15-8-10-16(31-2)11-9-15;/h3-12H,1-2H3,(H2,25,26,27,28,29,30);1H. The fourth-order valence-electron chi connectivity index (χ4n) is 3.54. The van der Waals surface area contributed by atoms with Crippen LogP contribution in [0.3, 0.4) is 0 Å². The number of thiophene rings is 1. The normalized spacial score (nSPS) is 13.2. The Kier molecular flexibility index (Phi) is 6.13. The number of halogens is 1. The summed E-state index contributed by atoms with van der Waals surface area (Å²) in [5.74, 6) is 0.832. The molecule has 0 aliphatic carbocycles. The molecular formula is C24H19ClN4O3S. The average molecular weight is 479 g/mol. The SMILES string of the molecule is COc1ccc(-c2nc(NC3=C(C)C(=O)NC3=O)c3c(-c4ccccc4)csc3n2)cc1.Cl. The molecule has 0 radical (unpaired) electrons. The molecule has 0 atom stereocenters. The van der Waals surface area contributed by atoms with E-state index in [0.29, 0.717) is 17.2 Å². The number of rotatable bonds is 5. The van der Waals surface area contributed by atoms with E-state index >= 15 is 0 Å². The number of anilines is 1. The van der Waals surface area contributed by atoms with Crippen molar-refractivity contribution in [1.82, 2.24) is 15.3 Å². The van der Waals surface area contributed by atoms with Crippen molar-refractivity contribution in [2.45, 2.75) is 6.92 Å². The van der Waals surface area contributed by atoms with Gasteiger partial charge in [0.15, 0.2) is 5.82 Å². The van der Waals surface area contributed by atoms with E-state index in [9.17, 15) is 9.59 Å². The van der Waals surface area contributed by atoms with Gasteiger partial charge in [-0.05, 0) is 36.8 Å². The Bertz CT molecular complexity index is 1400. The van der Waals surface area contributed by atoms with Crippen LogP contribution in [0.5, 0.6) is 5.75 Å². The molecule has 2 amide bonds. The number of fused-ring (bicyclic) bond motifs is 1. The molecule has 3 heterocycles. The van der Waals surface area contributed by atoms with Crippen molar-refractivity contribution < 1.29 is 14.3 Å². The van der Waals surface area contributed by atoms with E-state index in [1.165, 1.54) is 11.3 Å². The van der Waals surface area contributed by atoms with E-state index < -0.39 is 11.8 Å². The Labute approximate surface area is 199 Å². The third kappa shape index (κ3) is 4.06. The van der Waals surface area contributed by atoms with Gasteiger partial charge in [0, 0.05) is 22.1 Å². The van der Waals surface area contributed by atoms with Crippen LogP contribution >= 0.6 is 23.7 Å². The molecule has 166 valence electrons. The Morgan fingerprint density at radius 3 is 2.30 bits per heavy atom. The lowest BCUT2D eigenvalue weighted by Crippen LogP contribution is -2.24. The van der Waals surface area contributed by atoms with Crippen molar-refractivity contribution in [2.75, 3.05) is 12.4 Å². The molecule has 0 bridgehead atoms. The summed E-state index contributed by atoms with van der Waals surface area (Å²) in [5.41, 5.74) is 3.30. The molecule has 2 N–H and O–H groups in total. The molecule has 0 unspecified atom stereocenters. The van der Waals surface area contributed by atoms with Gasteiger partial charge in [-0.2, -0.15) is 0 Å². The van der Waals surface area contributed by atoms with Gasteiger partial charge in [-0.3, -0.25) is 14.9 Å². The van der Waals surface area contributed by atoms with E-state index in [-0.39, 0.29) is 18.1 Å². The van der Waals surface area contributed by atoms with Crippen LogP contribution in [0.15, 0.2) is 71.2 Å². The number of imide groups is 1. The molecule has 0 fully saturated rings. The van der Waals surface area contributed by atoms with E-state index in [1.54, 1.807) is 14.0 Å². The van der Waals surface area contributed by atoms with Crippen LogP contribution in [0.2, 0.25) is 0 Å². The van der Waals surface area contributed by atoms with Crippen LogP contribution in [-0.4, -0.2) is 28.9 Å². The highest BCUT2D eigenvalue weighted by Crippen LogP contribution is 2.39. The second-order valence-electron chi connectivity index (χ2n) is 7.23. The van der Waals surface area contributed by atoms with Gasteiger partial charge >= 0.3 is 0 Å². The number of hydrogen-bond donors (Lipinski definition) is 2. The number of benzene rings is 2. The number of hydrogen-bond acceptors (Lipinski definition) is 7. The number of carbonyl (C=O) groups excluding carboxylic acids is 2. The van der Waals surface area contributed by atoms with Crippen LogP contribution in [0.25, 0.3) is 32.7 Å². The summed E-state index contributed by atoms with van der Waals surface area (Å²) >= 11 is 1.50. The van der Waals surface area contributed by atoms with Gasteiger partial charge in [-0.15, -0.1) is 23.7 Å². The molecule has 1 aliphatic heterocycles. The van der Waals surface area contributed by atoms with Crippen molar-refractivity contribution in [3.8, 4) is 28.3 Å². The van der Waals surface area contributed by atoms with E-state index in [4.69, 9.17) is 14.7 Å². The van der Waals surface area contributed by atoms with E-state index in [2.05, 4.69) is 10.6 Å². The van der Waals surface area contributed by atoms with Crippen molar-refractivity contribution in [1.29, 1.82) is 0 Å². The molecule has 0 saturated heterocycles. The van der Waals surface area contributed by atoms with Crippen LogP contribution in [0.1, 0.15) is 6.92 Å². The monoisotopic (exact) mass is 478 g/mol. The first-order valence-corrected chi connectivity index (χ1v) is 10.8. The molecule has 9 heteroatoms. The maximum atomic E-state index is 12.3. The fraction of sp³-hybridized carbons (Fsp3) is 0.0833. The highest BCUT2D eigenvalue weighted by molar-refractivity contribution is 7.17. The number of nitrogens with zero attached hydrogens (tertiary/aromatic N) is 2. The molecule has 5 rings (SSSR count). The van der Waals surface area contributed by atoms with Crippen LogP contribution in [0.4, 0.5) is 5.82 Å². The Hall–Kier alpha value is -3.75. The molecule has 4 aromatic rings. The predicted molar refractivity (Wildman–Crippen MR) is 132 cm³/mol. The highest BCUT2D eigenvalue weighted by atomic mass is 35.5. The molecule has 2 aromatic carbocycles. The zero-order chi connectivity index (χ0) is 22.2. The number of methoxy groups -OCH3 is 1. The number of ether oxygens (including phenoxy) is 1. The van der Waals surface area contributed by atoms with Crippen molar-refractivity contribution in [2.24, 2.45) is 0 Å². The quantitative estimate of drug-likeness (QED) is 0.400. The first kappa shape index (κ1) is 22.4. The first-order valence-electron chi connectivity index (χ1n) is 9.88.